The third-order valence-corrected chi connectivity index (χ3v) is 13.5. The highest BCUT2D eigenvalue weighted by Gasteiger charge is 2.45. The van der Waals surface area contributed by atoms with Crippen LogP contribution in [0.5, 0.6) is 0 Å². The zero-order valence-electron chi connectivity index (χ0n) is 40.6. The summed E-state index contributed by atoms with van der Waals surface area (Å²) in [6.07, 6.45) is 17.6. The summed E-state index contributed by atoms with van der Waals surface area (Å²) in [6.45, 7) is 22.4. The summed E-state index contributed by atoms with van der Waals surface area (Å²) in [4.78, 5) is 71.9. The third-order valence-electron chi connectivity index (χ3n) is 13.5. The third kappa shape index (κ3) is 10.6. The van der Waals surface area contributed by atoms with Crippen LogP contribution in [0.15, 0.2) is 70.9 Å². The van der Waals surface area contributed by atoms with Crippen LogP contribution in [-0.2, 0) is 19.1 Å². The summed E-state index contributed by atoms with van der Waals surface area (Å²) in [5.74, 6) is -3.29. The standard InChI is InChI=1S/C55H68N4O6/c1-13-39-34(7)41-29-46-48(38(11)60)36(9)43(57-46)27-42-35(8)40(52(58-42)50-51(55(63)64-12)54(62)49-37(10)44(59-53(49)50)28-45(39)56-41)23-24-47(61)65-26-25-33(6)22-16-21-32(5)20-15-19-31(4)18-14-17-30(2)3/h13,17,19,21,25,27-29,34-35,40,51,57,59H,14-16,18,20,22-24,26H2,1-12H3/b31-19+,32-21+,33-25+,39-13-,41-29?,42-27?,43-27?,44-28?,45-28?,46-29?,52-50?/t34-,35+,40+,51-/m1/s1. The van der Waals surface area contributed by atoms with Crippen LogP contribution in [0.4, 0.5) is 0 Å². The lowest BCUT2D eigenvalue weighted by Gasteiger charge is -2.18. The summed E-state index contributed by atoms with van der Waals surface area (Å²) >= 11 is 0. The predicted molar refractivity (Wildman–Crippen MR) is 261 cm³/mol. The first kappa shape index (κ1) is 48.6. The van der Waals surface area contributed by atoms with E-state index in [1.165, 1.54) is 23.8 Å². The van der Waals surface area contributed by atoms with E-state index in [4.69, 9.17) is 19.4 Å². The molecule has 2 aliphatic heterocycles. The molecule has 0 spiro atoms. The fraction of sp³-hybridized carbons (Fsp3) is 0.455. The Morgan fingerprint density at radius 3 is 1.98 bits per heavy atom. The topological polar surface area (TPSA) is 144 Å². The Hall–Kier alpha value is -5.90. The molecule has 10 heteroatoms. The van der Waals surface area contributed by atoms with E-state index >= 15 is 0 Å². The van der Waals surface area contributed by atoms with Gasteiger partial charge in [0.2, 0.25) is 0 Å². The molecule has 0 aromatic carbocycles. The van der Waals surface area contributed by atoms with E-state index in [0.717, 1.165) is 72.1 Å². The molecule has 0 amide bonds. The number of fused-ring (bicyclic) bond motifs is 8. The zero-order valence-corrected chi connectivity index (χ0v) is 40.6. The number of aryl methyl sites for hydroxylation is 2. The Morgan fingerprint density at radius 1 is 0.754 bits per heavy atom. The van der Waals surface area contributed by atoms with Crippen molar-refractivity contribution in [1.82, 2.24) is 19.9 Å². The normalized spacial score (nSPS) is 19.2. The lowest BCUT2D eigenvalue weighted by molar-refractivity contribution is -0.143. The molecule has 0 saturated carbocycles. The van der Waals surface area contributed by atoms with Gasteiger partial charge in [0, 0.05) is 57.6 Å². The number of methoxy groups -OCH3 is 1. The molecule has 10 nitrogen and oxygen atoms in total. The van der Waals surface area contributed by atoms with Gasteiger partial charge >= 0.3 is 11.9 Å². The number of hydrogen-bond donors (Lipinski definition) is 2. The Bertz CT molecular complexity index is 2710. The van der Waals surface area contributed by atoms with E-state index in [0.29, 0.717) is 56.6 Å². The molecule has 0 radical (unpaired) electrons. The van der Waals surface area contributed by atoms with Crippen LogP contribution in [0, 0.1) is 13.8 Å². The van der Waals surface area contributed by atoms with Crippen molar-refractivity contribution in [2.45, 2.75) is 151 Å². The molecule has 3 aromatic rings. The van der Waals surface area contributed by atoms with E-state index in [9.17, 15) is 19.2 Å². The van der Waals surface area contributed by atoms with Crippen LogP contribution in [0.25, 0.3) is 27.6 Å². The van der Waals surface area contributed by atoms with Gasteiger partial charge in [-0.25, -0.2) is 0 Å². The van der Waals surface area contributed by atoms with Gasteiger partial charge in [-0.3, -0.25) is 29.1 Å². The van der Waals surface area contributed by atoms with Gasteiger partial charge < -0.3 is 19.4 Å². The van der Waals surface area contributed by atoms with Crippen molar-refractivity contribution in [3.05, 3.63) is 121 Å². The SMILES string of the molecule is C/C=C1\c2cc3[nH]c4c(c3C)C(=O)[C@H](C(=O)OC)c4c3nc(cc4[nH]c(cc(n2)[C@@H]1C)c(C(C)=O)c4C)[C@@H](C)[C@@H]3CCC(=O)OC/C=C(\C)CC/C=C(\C)CC/C=C(\C)CCC=C(C)C. The fourth-order valence-corrected chi connectivity index (χ4v) is 9.62. The average Bonchev–Trinajstić information content (AvgIpc) is 4.00. The fourth-order valence-electron chi connectivity index (χ4n) is 9.62. The molecule has 5 heterocycles. The number of H-pyrrole nitrogens is 2. The number of ether oxygens (including phenoxy) is 2. The maximum Gasteiger partial charge on any atom is 0.321 e. The number of aromatic amines is 2. The summed E-state index contributed by atoms with van der Waals surface area (Å²) in [6, 6.07) is 5.85. The zero-order chi connectivity index (χ0) is 47.3. The molecular weight excluding hydrogens is 813 g/mol. The van der Waals surface area contributed by atoms with Crippen molar-refractivity contribution >= 4 is 51.1 Å². The van der Waals surface area contributed by atoms with Crippen molar-refractivity contribution in [1.29, 1.82) is 0 Å². The smallest absolute Gasteiger partial charge is 0.321 e. The van der Waals surface area contributed by atoms with Crippen molar-refractivity contribution in [3.63, 3.8) is 0 Å². The highest BCUT2D eigenvalue weighted by atomic mass is 16.5. The molecule has 0 fully saturated rings. The number of nitrogens with one attached hydrogen (secondary N) is 2. The summed E-state index contributed by atoms with van der Waals surface area (Å²) in [5, 5.41) is 0. The van der Waals surface area contributed by atoms with Gasteiger partial charge in [0.05, 0.1) is 35.2 Å². The first-order valence-corrected chi connectivity index (χ1v) is 23.3. The second kappa shape index (κ2) is 20.9. The number of carbonyl (C=O) groups is 4. The highest BCUT2D eigenvalue weighted by Crippen LogP contribution is 2.48. The summed E-state index contributed by atoms with van der Waals surface area (Å²) in [5.41, 5.74) is 14.8. The van der Waals surface area contributed by atoms with E-state index in [-0.39, 0.29) is 48.3 Å². The predicted octanol–water partition coefficient (Wildman–Crippen LogP) is 13.2. The summed E-state index contributed by atoms with van der Waals surface area (Å²) < 4.78 is 11.0. The molecule has 344 valence electrons. The van der Waals surface area contributed by atoms with Crippen LogP contribution in [0.3, 0.4) is 0 Å². The second-order valence-electron chi connectivity index (χ2n) is 18.6. The molecule has 8 bridgehead atoms. The van der Waals surface area contributed by atoms with Gasteiger partial charge in [0.25, 0.3) is 0 Å². The number of ketones is 2. The van der Waals surface area contributed by atoms with E-state index in [2.05, 4.69) is 69.7 Å². The van der Waals surface area contributed by atoms with Gasteiger partial charge in [-0.2, -0.15) is 0 Å². The molecule has 4 atom stereocenters. The van der Waals surface area contributed by atoms with Crippen LogP contribution in [-0.4, -0.2) is 57.2 Å². The molecule has 65 heavy (non-hydrogen) atoms. The van der Waals surface area contributed by atoms with Crippen molar-refractivity contribution in [3.8, 4) is 0 Å². The number of aromatic nitrogens is 4. The van der Waals surface area contributed by atoms with Crippen molar-refractivity contribution < 1.29 is 28.7 Å². The van der Waals surface area contributed by atoms with Gasteiger partial charge in [0.1, 0.15) is 12.5 Å². The van der Waals surface area contributed by atoms with Crippen LogP contribution in [0.1, 0.15) is 198 Å². The van der Waals surface area contributed by atoms with Gasteiger partial charge in [-0.15, -0.1) is 0 Å². The first-order chi connectivity index (χ1) is 30.9. The molecular formula is C55H68N4O6. The summed E-state index contributed by atoms with van der Waals surface area (Å²) in [7, 11) is 1.28. The highest BCUT2D eigenvalue weighted by molar-refractivity contribution is 6.23. The Morgan fingerprint density at radius 2 is 1.37 bits per heavy atom. The van der Waals surface area contributed by atoms with Crippen LogP contribution < -0.4 is 0 Å². The molecule has 2 N–H and O–H groups in total. The van der Waals surface area contributed by atoms with Crippen LogP contribution >= 0.6 is 0 Å². The molecule has 3 aromatic heterocycles. The maximum absolute atomic E-state index is 14.4. The minimum Gasteiger partial charge on any atom is -0.468 e. The Balaban J connectivity index is 1.28. The lowest BCUT2D eigenvalue weighted by atomic mass is 9.84. The maximum atomic E-state index is 14.4. The van der Waals surface area contributed by atoms with Crippen molar-refractivity contribution in [2.24, 2.45) is 0 Å². The molecule has 6 rings (SSSR count). The first-order valence-electron chi connectivity index (χ1n) is 23.3. The van der Waals surface area contributed by atoms with E-state index in [1.54, 1.807) is 6.92 Å². The largest absolute Gasteiger partial charge is 0.468 e. The number of nitrogens with zero attached hydrogens (tertiary/aromatic N) is 2. The van der Waals surface area contributed by atoms with Gasteiger partial charge in [-0.05, 0) is 148 Å². The van der Waals surface area contributed by atoms with E-state index < -0.39 is 11.9 Å². The lowest BCUT2D eigenvalue weighted by Crippen LogP contribution is -2.21. The number of esters is 2. The molecule has 3 aliphatic rings. The number of hydrogen-bond acceptors (Lipinski definition) is 8. The van der Waals surface area contributed by atoms with Crippen LogP contribution in [0.2, 0.25) is 0 Å². The second-order valence-corrected chi connectivity index (χ2v) is 18.6. The molecule has 0 saturated heterocycles. The number of rotatable bonds is 16. The minimum atomic E-state index is -1.23. The Labute approximate surface area is 384 Å². The number of carbonyl (C=O) groups excluding carboxylic acids is 4. The average molecular weight is 881 g/mol. The monoisotopic (exact) mass is 881 g/mol. The van der Waals surface area contributed by atoms with Gasteiger partial charge in [-0.1, -0.05) is 60.4 Å². The number of Topliss-reactive ketones (excluding diaryl/α,β-unsaturated/α-hetero) is 2. The molecule has 0 unspecified atom stereocenters. The molecule has 1 aliphatic carbocycles. The van der Waals surface area contributed by atoms with E-state index in [1.807, 2.05) is 58.0 Å². The Kier molecular flexibility index (Phi) is 15.6. The number of allylic oxidation sites excluding steroid dienone is 9. The quantitative estimate of drug-likeness (QED) is 0.0626. The van der Waals surface area contributed by atoms with Gasteiger partial charge in [0.15, 0.2) is 11.6 Å². The van der Waals surface area contributed by atoms with Crippen molar-refractivity contribution in [2.75, 3.05) is 13.7 Å². The minimum absolute atomic E-state index is 0.0530.